The second-order valence-electron chi connectivity index (χ2n) is 4.63. The lowest BCUT2D eigenvalue weighted by Crippen LogP contribution is -2.07. The van der Waals surface area contributed by atoms with Crippen LogP contribution in [0.3, 0.4) is 0 Å². The third kappa shape index (κ3) is 6.22. The van der Waals surface area contributed by atoms with Crippen LogP contribution >= 0.6 is 10.7 Å². The first-order valence-corrected chi connectivity index (χ1v) is 8.92. The molecule has 7 heteroatoms. The van der Waals surface area contributed by atoms with Crippen molar-refractivity contribution in [2.24, 2.45) is 0 Å². The van der Waals surface area contributed by atoms with Gasteiger partial charge in [0.15, 0.2) is 0 Å². The summed E-state index contributed by atoms with van der Waals surface area (Å²) in [4.78, 5) is 0.152. The molecule has 0 spiro atoms. The Kier molecular flexibility index (Phi) is 7.45. The van der Waals surface area contributed by atoms with Gasteiger partial charge >= 0.3 is 0 Å². The minimum Gasteiger partial charge on any atom is -0.493 e. The fraction of sp³-hybridized carbons (Fsp3) is 0.571. The van der Waals surface area contributed by atoms with Crippen LogP contribution < -0.4 is 4.74 Å². The highest BCUT2D eigenvalue weighted by atomic mass is 35.7. The number of halogens is 1. The molecule has 5 nitrogen and oxygen atoms in total. The molecule has 0 aliphatic carbocycles. The first-order valence-electron chi connectivity index (χ1n) is 6.61. The summed E-state index contributed by atoms with van der Waals surface area (Å²) >= 11 is 0. The van der Waals surface area contributed by atoms with E-state index in [4.69, 9.17) is 24.9 Å². The third-order valence-corrected chi connectivity index (χ3v) is 4.41. The number of aryl methyl sites for hydroxylation is 2. The zero-order chi connectivity index (χ0) is 15.9. The normalized spacial score (nSPS) is 11.6. The molecule has 0 amide bonds. The summed E-state index contributed by atoms with van der Waals surface area (Å²) in [5.41, 5.74) is 1.16. The predicted molar refractivity (Wildman–Crippen MR) is 81.8 cm³/mol. The molecule has 0 fully saturated rings. The number of hydrogen-bond acceptors (Lipinski definition) is 5. The van der Waals surface area contributed by atoms with Gasteiger partial charge in [-0.25, -0.2) is 8.42 Å². The zero-order valence-electron chi connectivity index (χ0n) is 12.5. The van der Waals surface area contributed by atoms with Crippen LogP contribution in [0, 0.1) is 13.8 Å². The molecule has 1 rings (SSSR count). The second kappa shape index (κ2) is 8.58. The van der Waals surface area contributed by atoms with Gasteiger partial charge in [-0.05, 0) is 37.1 Å². The molecule has 1 aromatic carbocycles. The van der Waals surface area contributed by atoms with Crippen LogP contribution in [0.2, 0.25) is 0 Å². The van der Waals surface area contributed by atoms with Gasteiger partial charge in [0.25, 0.3) is 9.05 Å². The van der Waals surface area contributed by atoms with E-state index in [-0.39, 0.29) is 4.90 Å². The smallest absolute Gasteiger partial charge is 0.261 e. The molecule has 0 N–H and O–H groups in total. The van der Waals surface area contributed by atoms with Crippen LogP contribution in [-0.4, -0.2) is 42.0 Å². The first-order chi connectivity index (χ1) is 9.86. The van der Waals surface area contributed by atoms with Gasteiger partial charge < -0.3 is 14.2 Å². The second-order valence-corrected chi connectivity index (χ2v) is 7.13. The molecule has 0 radical (unpaired) electrons. The van der Waals surface area contributed by atoms with E-state index in [9.17, 15) is 8.42 Å². The van der Waals surface area contributed by atoms with Crippen LogP contribution in [0.4, 0.5) is 0 Å². The van der Waals surface area contributed by atoms with Crippen molar-refractivity contribution in [3.05, 3.63) is 23.3 Å². The minimum absolute atomic E-state index is 0.152. The van der Waals surface area contributed by atoms with Crippen molar-refractivity contribution >= 4 is 19.7 Å². The van der Waals surface area contributed by atoms with Gasteiger partial charge in [-0.3, -0.25) is 0 Å². The monoisotopic (exact) mass is 336 g/mol. The van der Waals surface area contributed by atoms with E-state index >= 15 is 0 Å². The van der Waals surface area contributed by atoms with Crippen molar-refractivity contribution in [3.63, 3.8) is 0 Å². The van der Waals surface area contributed by atoms with Gasteiger partial charge in [0.2, 0.25) is 0 Å². The average molecular weight is 337 g/mol. The lowest BCUT2D eigenvalue weighted by Gasteiger charge is -2.11. The Morgan fingerprint density at radius 1 is 1.05 bits per heavy atom. The van der Waals surface area contributed by atoms with Gasteiger partial charge in [0.1, 0.15) is 5.75 Å². The summed E-state index contributed by atoms with van der Waals surface area (Å²) in [5, 5.41) is 0. The molecule has 21 heavy (non-hydrogen) atoms. The maximum absolute atomic E-state index is 11.5. The highest BCUT2D eigenvalue weighted by Gasteiger charge is 2.17. The summed E-state index contributed by atoms with van der Waals surface area (Å²) < 4.78 is 38.7. The molecule has 0 saturated heterocycles. The molecule has 120 valence electrons. The van der Waals surface area contributed by atoms with Gasteiger partial charge in [-0.2, -0.15) is 0 Å². The van der Waals surface area contributed by atoms with Crippen molar-refractivity contribution in [2.75, 3.05) is 33.5 Å². The molecule has 0 bridgehead atoms. The Morgan fingerprint density at radius 3 is 2.19 bits per heavy atom. The van der Waals surface area contributed by atoms with E-state index in [2.05, 4.69) is 0 Å². The molecule has 0 heterocycles. The maximum atomic E-state index is 11.5. The van der Waals surface area contributed by atoms with Gasteiger partial charge in [0, 0.05) is 30.8 Å². The van der Waals surface area contributed by atoms with Crippen molar-refractivity contribution in [1.29, 1.82) is 0 Å². The Morgan fingerprint density at radius 2 is 1.67 bits per heavy atom. The SMILES string of the molecule is COCCOCCCOc1cc(C)c(S(=O)(=O)Cl)c(C)c1. The van der Waals surface area contributed by atoms with E-state index in [1.165, 1.54) is 0 Å². The van der Waals surface area contributed by atoms with E-state index in [1.54, 1.807) is 33.1 Å². The largest absolute Gasteiger partial charge is 0.493 e. The van der Waals surface area contributed by atoms with Crippen LogP contribution in [0.5, 0.6) is 5.75 Å². The maximum Gasteiger partial charge on any atom is 0.261 e. The molecule has 0 unspecified atom stereocenters. The van der Waals surface area contributed by atoms with E-state index in [0.717, 1.165) is 6.42 Å². The van der Waals surface area contributed by atoms with Crippen LogP contribution in [-0.2, 0) is 18.5 Å². The minimum atomic E-state index is -3.73. The number of methoxy groups -OCH3 is 1. The molecular formula is C14H21ClO5S. The van der Waals surface area contributed by atoms with Crippen LogP contribution in [0.1, 0.15) is 17.5 Å². The van der Waals surface area contributed by atoms with Crippen molar-refractivity contribution in [1.82, 2.24) is 0 Å². The fourth-order valence-corrected chi connectivity index (χ4v) is 3.59. The Balaban J connectivity index is 2.51. The Labute approximate surface area is 130 Å². The fourth-order valence-electron chi connectivity index (χ4n) is 1.97. The molecular weight excluding hydrogens is 316 g/mol. The highest BCUT2D eigenvalue weighted by molar-refractivity contribution is 8.13. The predicted octanol–water partition coefficient (Wildman–Crippen LogP) is 2.66. The number of ether oxygens (including phenoxy) is 3. The zero-order valence-corrected chi connectivity index (χ0v) is 14.1. The summed E-state index contributed by atoms with van der Waals surface area (Å²) in [6.07, 6.45) is 0.747. The molecule has 0 atom stereocenters. The van der Waals surface area contributed by atoms with Crippen LogP contribution in [0.15, 0.2) is 17.0 Å². The Bertz CT molecular complexity index is 533. The van der Waals surface area contributed by atoms with E-state index in [1.807, 2.05) is 0 Å². The van der Waals surface area contributed by atoms with Crippen molar-refractivity contribution in [3.8, 4) is 5.75 Å². The number of hydrogen-bond donors (Lipinski definition) is 0. The summed E-state index contributed by atoms with van der Waals surface area (Å²) in [6.45, 7) is 5.63. The van der Waals surface area contributed by atoms with E-state index < -0.39 is 9.05 Å². The number of benzene rings is 1. The van der Waals surface area contributed by atoms with Crippen molar-refractivity contribution < 1.29 is 22.6 Å². The van der Waals surface area contributed by atoms with Crippen molar-refractivity contribution in [2.45, 2.75) is 25.2 Å². The topological polar surface area (TPSA) is 61.8 Å². The first kappa shape index (κ1) is 18.2. The molecule has 0 saturated carbocycles. The lowest BCUT2D eigenvalue weighted by molar-refractivity contribution is 0.0644. The summed E-state index contributed by atoms with van der Waals surface area (Å²) in [6, 6.07) is 3.35. The number of rotatable bonds is 9. The molecule has 1 aromatic rings. The molecule has 0 aromatic heterocycles. The summed E-state index contributed by atoms with van der Waals surface area (Å²) in [7, 11) is 3.31. The molecule has 0 aliphatic rings. The van der Waals surface area contributed by atoms with Crippen LogP contribution in [0.25, 0.3) is 0 Å². The Hall–Kier alpha value is -0.820. The van der Waals surface area contributed by atoms with Gasteiger partial charge in [0.05, 0.1) is 24.7 Å². The quantitative estimate of drug-likeness (QED) is 0.512. The molecule has 0 aliphatic heterocycles. The van der Waals surface area contributed by atoms with Gasteiger partial charge in [-0.15, -0.1) is 0 Å². The van der Waals surface area contributed by atoms with E-state index in [0.29, 0.717) is 43.3 Å². The summed E-state index contributed by atoms with van der Waals surface area (Å²) in [5.74, 6) is 0.631. The highest BCUT2D eigenvalue weighted by Crippen LogP contribution is 2.28. The third-order valence-electron chi connectivity index (χ3n) is 2.81. The standard InChI is InChI=1S/C14H21ClO5S/c1-11-9-13(10-12(2)14(11)21(15,16)17)20-6-4-5-19-8-7-18-3/h9-10H,4-8H2,1-3H3. The average Bonchev–Trinajstić information content (AvgIpc) is 2.35. The van der Waals surface area contributed by atoms with Gasteiger partial charge in [-0.1, -0.05) is 0 Å². The lowest BCUT2D eigenvalue weighted by atomic mass is 10.1.